The molecule has 9 heteroatoms. The lowest BCUT2D eigenvalue weighted by Crippen LogP contribution is -2.18. The van der Waals surface area contributed by atoms with Crippen molar-refractivity contribution in [2.45, 2.75) is 12.8 Å². The van der Waals surface area contributed by atoms with Gasteiger partial charge in [-0.25, -0.2) is 8.42 Å². The highest BCUT2D eigenvalue weighted by Crippen LogP contribution is 2.35. The Morgan fingerprint density at radius 3 is 2.30 bits per heavy atom. The van der Waals surface area contributed by atoms with E-state index in [-0.39, 0.29) is 18.6 Å². The van der Waals surface area contributed by atoms with Crippen molar-refractivity contribution < 1.29 is 17.9 Å². The van der Waals surface area contributed by atoms with E-state index in [0.717, 1.165) is 4.47 Å². The highest BCUT2D eigenvalue weighted by Gasteiger charge is 2.16. The summed E-state index contributed by atoms with van der Waals surface area (Å²) in [5.74, 6) is -0.581. The van der Waals surface area contributed by atoms with Gasteiger partial charge in [0.25, 0.3) is 0 Å². The fourth-order valence-corrected chi connectivity index (χ4v) is 5.23. The molecular formula is C11H12Br3NO4S. The number of esters is 1. The number of halogens is 3. The van der Waals surface area contributed by atoms with Crippen LogP contribution in [0.2, 0.25) is 0 Å². The topological polar surface area (TPSA) is 72.5 Å². The van der Waals surface area contributed by atoms with Crippen molar-refractivity contribution in [3.05, 3.63) is 25.6 Å². The molecular weight excluding hydrogens is 482 g/mol. The third-order valence-electron chi connectivity index (χ3n) is 2.29. The van der Waals surface area contributed by atoms with Crippen LogP contribution in [0.4, 0.5) is 5.69 Å². The molecule has 1 aromatic rings. The Morgan fingerprint density at radius 1 is 1.25 bits per heavy atom. The monoisotopic (exact) mass is 491 g/mol. The Labute approximate surface area is 142 Å². The van der Waals surface area contributed by atoms with Gasteiger partial charge in [0.1, 0.15) is 0 Å². The highest BCUT2D eigenvalue weighted by molar-refractivity contribution is 9.11. The van der Waals surface area contributed by atoms with E-state index < -0.39 is 16.0 Å². The number of ether oxygens (including phenoxy) is 1. The number of methoxy groups -OCH3 is 1. The van der Waals surface area contributed by atoms with E-state index >= 15 is 0 Å². The summed E-state index contributed by atoms with van der Waals surface area (Å²) in [5.41, 5.74) is 0.422. The molecule has 5 nitrogen and oxygen atoms in total. The van der Waals surface area contributed by atoms with Crippen LogP contribution < -0.4 is 4.72 Å². The van der Waals surface area contributed by atoms with E-state index in [4.69, 9.17) is 0 Å². The maximum absolute atomic E-state index is 11.9. The average molecular weight is 494 g/mol. The van der Waals surface area contributed by atoms with Crippen molar-refractivity contribution in [2.75, 3.05) is 17.6 Å². The molecule has 0 bridgehead atoms. The Bertz CT molecular complexity index is 581. The summed E-state index contributed by atoms with van der Waals surface area (Å²) >= 11 is 9.89. The van der Waals surface area contributed by atoms with Crippen LogP contribution in [0.5, 0.6) is 0 Å². The van der Waals surface area contributed by atoms with Gasteiger partial charge < -0.3 is 4.74 Å². The number of rotatable bonds is 6. The van der Waals surface area contributed by atoms with Crippen molar-refractivity contribution >= 4 is 69.5 Å². The molecule has 0 aliphatic heterocycles. The van der Waals surface area contributed by atoms with Gasteiger partial charge in [0.2, 0.25) is 10.0 Å². The molecule has 1 N–H and O–H groups in total. The first-order valence-electron chi connectivity index (χ1n) is 5.47. The van der Waals surface area contributed by atoms with Gasteiger partial charge in [-0.3, -0.25) is 9.52 Å². The number of nitrogens with one attached hydrogen (secondary N) is 1. The quantitative estimate of drug-likeness (QED) is 0.614. The number of sulfonamides is 1. The van der Waals surface area contributed by atoms with E-state index in [0.29, 0.717) is 14.6 Å². The molecule has 0 aliphatic carbocycles. The van der Waals surface area contributed by atoms with E-state index in [1.807, 2.05) is 0 Å². The lowest BCUT2D eigenvalue weighted by molar-refractivity contribution is -0.140. The molecule has 0 heterocycles. The molecule has 112 valence electrons. The van der Waals surface area contributed by atoms with Crippen LogP contribution >= 0.6 is 47.8 Å². The number of benzene rings is 1. The maximum Gasteiger partial charge on any atom is 0.305 e. The van der Waals surface area contributed by atoms with E-state index in [1.165, 1.54) is 7.11 Å². The van der Waals surface area contributed by atoms with Gasteiger partial charge in [0.05, 0.1) is 18.6 Å². The lowest BCUT2D eigenvalue weighted by atomic mass is 10.3. The predicted molar refractivity (Wildman–Crippen MR) is 88.2 cm³/mol. The molecule has 0 aliphatic rings. The fraction of sp³-hybridized carbons (Fsp3) is 0.364. The molecule has 0 amide bonds. The summed E-state index contributed by atoms with van der Waals surface area (Å²) in [6.45, 7) is 0. The zero-order valence-corrected chi connectivity index (χ0v) is 16.0. The SMILES string of the molecule is COC(=O)CCCS(=O)(=O)Nc1c(Br)cc(Br)cc1Br. The first kappa shape index (κ1) is 17.9. The largest absolute Gasteiger partial charge is 0.469 e. The van der Waals surface area contributed by atoms with E-state index in [1.54, 1.807) is 12.1 Å². The van der Waals surface area contributed by atoms with Gasteiger partial charge in [-0.1, -0.05) is 15.9 Å². The van der Waals surface area contributed by atoms with Crippen LogP contribution in [0, 0.1) is 0 Å². The fourth-order valence-electron chi connectivity index (χ4n) is 1.35. The Kier molecular flexibility index (Phi) is 6.96. The summed E-state index contributed by atoms with van der Waals surface area (Å²) in [6.07, 6.45) is 0.272. The number of anilines is 1. The smallest absolute Gasteiger partial charge is 0.305 e. The summed E-state index contributed by atoms with van der Waals surface area (Å²) in [5, 5.41) is 0. The van der Waals surface area contributed by atoms with Gasteiger partial charge in [-0.05, 0) is 50.4 Å². The van der Waals surface area contributed by atoms with Crippen LogP contribution in [0.25, 0.3) is 0 Å². The van der Waals surface area contributed by atoms with Gasteiger partial charge >= 0.3 is 5.97 Å². The zero-order valence-electron chi connectivity index (χ0n) is 10.5. The Morgan fingerprint density at radius 2 is 1.80 bits per heavy atom. The third kappa shape index (κ3) is 5.71. The zero-order chi connectivity index (χ0) is 15.3. The third-order valence-corrected chi connectivity index (χ3v) is 5.34. The van der Waals surface area contributed by atoms with Gasteiger partial charge in [-0.2, -0.15) is 0 Å². The predicted octanol–water partition coefficient (Wildman–Crippen LogP) is 3.67. The molecule has 1 aromatic carbocycles. The number of hydrogen-bond acceptors (Lipinski definition) is 4. The molecule has 0 saturated heterocycles. The number of hydrogen-bond donors (Lipinski definition) is 1. The Balaban J connectivity index is 2.74. The van der Waals surface area contributed by atoms with Gasteiger partial charge in [-0.15, -0.1) is 0 Å². The molecule has 20 heavy (non-hydrogen) atoms. The summed E-state index contributed by atoms with van der Waals surface area (Å²) < 4.78 is 32.8. The minimum Gasteiger partial charge on any atom is -0.469 e. The van der Waals surface area contributed by atoms with Crippen LogP contribution in [0.3, 0.4) is 0 Å². The van der Waals surface area contributed by atoms with Crippen molar-refractivity contribution in [1.29, 1.82) is 0 Å². The maximum atomic E-state index is 11.9. The minimum absolute atomic E-state index is 0.0695. The van der Waals surface area contributed by atoms with Crippen LogP contribution in [0.15, 0.2) is 25.6 Å². The normalized spacial score (nSPS) is 11.2. The molecule has 0 unspecified atom stereocenters. The van der Waals surface area contributed by atoms with Gasteiger partial charge in [0.15, 0.2) is 0 Å². The number of carbonyl (C=O) groups is 1. The van der Waals surface area contributed by atoms with Gasteiger partial charge in [0, 0.05) is 19.8 Å². The van der Waals surface area contributed by atoms with Crippen LogP contribution in [0.1, 0.15) is 12.8 Å². The molecule has 0 radical (unpaired) electrons. The standard InChI is InChI=1S/C11H12Br3NO4S/c1-19-10(16)3-2-4-20(17,18)15-11-8(13)5-7(12)6-9(11)14/h5-6,15H,2-4H2,1H3. The van der Waals surface area contributed by atoms with Crippen molar-refractivity contribution in [2.24, 2.45) is 0 Å². The molecule has 0 saturated carbocycles. The second-order valence-electron chi connectivity index (χ2n) is 3.85. The van der Waals surface area contributed by atoms with Crippen molar-refractivity contribution in [1.82, 2.24) is 0 Å². The van der Waals surface area contributed by atoms with Crippen LogP contribution in [-0.2, 0) is 19.6 Å². The molecule has 0 fully saturated rings. The van der Waals surface area contributed by atoms with Crippen molar-refractivity contribution in [3.63, 3.8) is 0 Å². The molecule has 0 aromatic heterocycles. The second-order valence-corrected chi connectivity index (χ2v) is 8.31. The lowest BCUT2D eigenvalue weighted by Gasteiger charge is -2.12. The molecule has 0 atom stereocenters. The highest BCUT2D eigenvalue weighted by atomic mass is 79.9. The first-order chi connectivity index (χ1) is 9.25. The van der Waals surface area contributed by atoms with Crippen molar-refractivity contribution in [3.8, 4) is 0 Å². The number of carbonyl (C=O) groups excluding carboxylic acids is 1. The minimum atomic E-state index is -3.53. The Hall–Kier alpha value is -0.120. The summed E-state index contributed by atoms with van der Waals surface area (Å²) in [4.78, 5) is 10.9. The second kappa shape index (κ2) is 7.77. The first-order valence-corrected chi connectivity index (χ1v) is 9.50. The van der Waals surface area contributed by atoms with E-state index in [2.05, 4.69) is 57.2 Å². The summed E-state index contributed by atoms with van der Waals surface area (Å²) in [7, 11) is -2.26. The summed E-state index contributed by atoms with van der Waals surface area (Å²) in [6, 6.07) is 3.47. The molecule has 0 spiro atoms. The van der Waals surface area contributed by atoms with E-state index in [9.17, 15) is 13.2 Å². The molecule has 1 rings (SSSR count). The van der Waals surface area contributed by atoms with Crippen LogP contribution in [-0.4, -0.2) is 27.2 Å². The average Bonchev–Trinajstić information content (AvgIpc) is 2.33.